The molecule has 1 aliphatic rings. The van der Waals surface area contributed by atoms with E-state index in [0.717, 1.165) is 5.56 Å². The molecule has 0 saturated heterocycles. The highest BCUT2D eigenvalue weighted by Gasteiger charge is 2.26. The number of carboxylic acids is 1. The molecule has 4 nitrogen and oxygen atoms in total. The van der Waals surface area contributed by atoms with E-state index in [1.807, 2.05) is 17.9 Å². The molecule has 1 aliphatic carbocycles. The van der Waals surface area contributed by atoms with Crippen molar-refractivity contribution in [2.45, 2.75) is 38.5 Å². The number of hydrogen-bond acceptors (Lipinski definition) is 2. The zero-order valence-corrected chi connectivity index (χ0v) is 9.81. The third-order valence-electron chi connectivity index (χ3n) is 3.50. The number of nitrogens with zero attached hydrogens (tertiary/aromatic N) is 2. The van der Waals surface area contributed by atoms with Gasteiger partial charge < -0.3 is 5.11 Å². The van der Waals surface area contributed by atoms with E-state index in [0.29, 0.717) is 12.3 Å². The van der Waals surface area contributed by atoms with Crippen molar-refractivity contribution in [1.29, 1.82) is 0 Å². The Morgan fingerprint density at radius 3 is 2.88 bits per heavy atom. The summed E-state index contributed by atoms with van der Waals surface area (Å²) in [6.07, 6.45) is 6.13. The molecule has 0 radical (unpaired) electrons. The number of aliphatic carboxylic acids is 1. The van der Waals surface area contributed by atoms with Crippen LogP contribution in [0.2, 0.25) is 0 Å². The van der Waals surface area contributed by atoms with Gasteiger partial charge in [0.15, 0.2) is 0 Å². The van der Waals surface area contributed by atoms with Gasteiger partial charge in [-0.25, -0.2) is 0 Å². The smallest absolute Gasteiger partial charge is 0.306 e. The molecule has 1 unspecified atom stereocenters. The third-order valence-corrected chi connectivity index (χ3v) is 3.50. The Hall–Kier alpha value is -1.32. The van der Waals surface area contributed by atoms with Gasteiger partial charge in [0.1, 0.15) is 0 Å². The molecule has 1 fully saturated rings. The van der Waals surface area contributed by atoms with Crippen LogP contribution in [0.5, 0.6) is 0 Å². The van der Waals surface area contributed by atoms with Crippen LogP contribution in [0.1, 0.15) is 43.4 Å². The maximum Gasteiger partial charge on any atom is 0.306 e. The summed E-state index contributed by atoms with van der Waals surface area (Å²) < 4.78 is 1.91. The number of aryl methyl sites for hydroxylation is 1. The van der Waals surface area contributed by atoms with Crippen molar-refractivity contribution < 1.29 is 9.90 Å². The third kappa shape index (κ3) is 1.96. The molecular weight excluding hydrogens is 204 g/mol. The highest BCUT2D eigenvalue weighted by molar-refractivity contribution is 5.69. The van der Waals surface area contributed by atoms with Crippen molar-refractivity contribution in [2.75, 3.05) is 0 Å². The fourth-order valence-corrected chi connectivity index (χ4v) is 2.28. The maximum absolute atomic E-state index is 10.8. The number of hydrogen-bond donors (Lipinski definition) is 1. The summed E-state index contributed by atoms with van der Waals surface area (Å²) in [5.74, 6) is -0.463. The monoisotopic (exact) mass is 222 g/mol. The number of rotatable bonds is 4. The molecule has 4 heteroatoms. The average molecular weight is 222 g/mol. The Morgan fingerprint density at radius 2 is 2.38 bits per heavy atom. The zero-order valence-electron chi connectivity index (χ0n) is 9.81. The lowest BCUT2D eigenvalue weighted by Gasteiger charge is -2.27. The molecule has 1 atom stereocenters. The maximum atomic E-state index is 10.8. The summed E-state index contributed by atoms with van der Waals surface area (Å²) in [7, 11) is 1.95. The molecule has 1 aromatic rings. The predicted molar refractivity (Wildman–Crippen MR) is 60.3 cm³/mol. The number of carboxylic acid groups (broad SMARTS) is 1. The molecule has 0 spiro atoms. The first-order valence-electron chi connectivity index (χ1n) is 5.83. The summed E-state index contributed by atoms with van der Waals surface area (Å²) in [6, 6.07) is 0. The van der Waals surface area contributed by atoms with E-state index in [4.69, 9.17) is 5.11 Å². The molecule has 1 heterocycles. The van der Waals surface area contributed by atoms with Gasteiger partial charge in [0.25, 0.3) is 0 Å². The van der Waals surface area contributed by atoms with Crippen LogP contribution in [0.3, 0.4) is 0 Å². The van der Waals surface area contributed by atoms with Gasteiger partial charge in [0.2, 0.25) is 0 Å². The quantitative estimate of drug-likeness (QED) is 0.847. The van der Waals surface area contributed by atoms with Crippen LogP contribution >= 0.6 is 0 Å². The normalized spacial score (nSPS) is 18.1. The summed E-state index contributed by atoms with van der Waals surface area (Å²) in [5, 5.41) is 13.2. The van der Waals surface area contributed by atoms with Crippen LogP contribution in [-0.2, 0) is 18.3 Å². The summed E-state index contributed by atoms with van der Waals surface area (Å²) in [5.41, 5.74) is 2.36. The lowest BCUT2D eigenvalue weighted by atomic mass is 9.80. The fourth-order valence-electron chi connectivity index (χ4n) is 2.28. The molecule has 0 bridgehead atoms. The van der Waals surface area contributed by atoms with Gasteiger partial charge in [-0.3, -0.25) is 9.48 Å². The van der Waals surface area contributed by atoms with E-state index in [1.165, 1.54) is 25.0 Å². The van der Waals surface area contributed by atoms with Crippen molar-refractivity contribution in [3.8, 4) is 0 Å². The second-order valence-electron chi connectivity index (χ2n) is 4.75. The molecular formula is C12H18N2O2. The lowest BCUT2D eigenvalue weighted by molar-refractivity contribution is -0.141. The fraction of sp³-hybridized carbons (Fsp3) is 0.667. The summed E-state index contributed by atoms with van der Waals surface area (Å²) >= 11 is 0. The minimum Gasteiger partial charge on any atom is -0.481 e. The van der Waals surface area contributed by atoms with E-state index < -0.39 is 5.97 Å². The van der Waals surface area contributed by atoms with Gasteiger partial charge >= 0.3 is 5.97 Å². The molecule has 88 valence electrons. The average Bonchev–Trinajstić information content (AvgIpc) is 2.47. The number of aromatic nitrogens is 2. The Labute approximate surface area is 95.3 Å². The van der Waals surface area contributed by atoms with Crippen molar-refractivity contribution in [3.05, 3.63) is 17.5 Å². The molecule has 16 heavy (non-hydrogen) atoms. The van der Waals surface area contributed by atoms with Crippen molar-refractivity contribution >= 4 is 5.97 Å². The molecule has 0 aliphatic heterocycles. The van der Waals surface area contributed by atoms with Gasteiger partial charge in [0.05, 0.1) is 12.1 Å². The molecule has 1 saturated carbocycles. The van der Waals surface area contributed by atoms with Crippen LogP contribution < -0.4 is 0 Å². The first kappa shape index (κ1) is 11.2. The zero-order chi connectivity index (χ0) is 11.7. The van der Waals surface area contributed by atoms with Gasteiger partial charge in [0, 0.05) is 18.7 Å². The van der Waals surface area contributed by atoms with Crippen molar-refractivity contribution in [2.24, 2.45) is 13.0 Å². The second-order valence-corrected chi connectivity index (χ2v) is 4.75. The van der Waals surface area contributed by atoms with E-state index in [9.17, 15) is 4.79 Å². The molecule has 2 rings (SSSR count). The summed E-state index contributed by atoms with van der Waals surface area (Å²) in [6.45, 7) is 1.75. The van der Waals surface area contributed by atoms with Gasteiger partial charge in [-0.05, 0) is 24.8 Å². The Bertz CT molecular complexity index is 394. The van der Waals surface area contributed by atoms with E-state index in [2.05, 4.69) is 5.10 Å². The summed E-state index contributed by atoms with van der Waals surface area (Å²) in [4.78, 5) is 10.8. The minimum atomic E-state index is -0.733. The van der Waals surface area contributed by atoms with Gasteiger partial charge in [-0.1, -0.05) is 13.3 Å². The van der Waals surface area contributed by atoms with Crippen LogP contribution in [0.25, 0.3) is 0 Å². The minimum absolute atomic E-state index is 0.331. The second kappa shape index (κ2) is 4.28. The van der Waals surface area contributed by atoms with Gasteiger partial charge in [-0.2, -0.15) is 5.10 Å². The first-order valence-corrected chi connectivity index (χ1v) is 5.83. The molecule has 1 N–H and O–H groups in total. The van der Waals surface area contributed by atoms with E-state index >= 15 is 0 Å². The standard InChI is InChI=1S/C12H18N2O2/c1-8(12(15)16)6-10-7-13-14(2)11(10)9-4-3-5-9/h7-9H,3-6H2,1-2H3,(H,15,16). The van der Waals surface area contributed by atoms with Crippen LogP contribution in [0.4, 0.5) is 0 Å². The van der Waals surface area contributed by atoms with Crippen molar-refractivity contribution in [3.63, 3.8) is 0 Å². The van der Waals surface area contributed by atoms with E-state index in [-0.39, 0.29) is 5.92 Å². The van der Waals surface area contributed by atoms with E-state index in [1.54, 1.807) is 6.92 Å². The molecule has 0 aromatic carbocycles. The Balaban J connectivity index is 2.17. The Morgan fingerprint density at radius 1 is 1.69 bits per heavy atom. The molecule has 0 amide bonds. The molecule has 1 aromatic heterocycles. The largest absolute Gasteiger partial charge is 0.481 e. The van der Waals surface area contributed by atoms with Crippen LogP contribution in [0, 0.1) is 5.92 Å². The highest BCUT2D eigenvalue weighted by Crippen LogP contribution is 2.38. The van der Waals surface area contributed by atoms with Crippen LogP contribution in [0.15, 0.2) is 6.20 Å². The predicted octanol–water partition coefficient (Wildman–Crippen LogP) is 1.95. The Kier molecular flexibility index (Phi) is 2.99. The SMILES string of the molecule is CC(Cc1cnn(C)c1C1CCC1)C(=O)O. The first-order chi connectivity index (χ1) is 7.59. The van der Waals surface area contributed by atoms with Crippen LogP contribution in [-0.4, -0.2) is 20.9 Å². The van der Waals surface area contributed by atoms with Gasteiger partial charge in [-0.15, -0.1) is 0 Å². The highest BCUT2D eigenvalue weighted by atomic mass is 16.4. The lowest BCUT2D eigenvalue weighted by Crippen LogP contribution is -2.18. The van der Waals surface area contributed by atoms with Crippen molar-refractivity contribution in [1.82, 2.24) is 9.78 Å². The number of carbonyl (C=O) groups is 1. The topological polar surface area (TPSA) is 55.1 Å².